The van der Waals surface area contributed by atoms with Gasteiger partial charge in [0.15, 0.2) is 0 Å². The minimum absolute atomic E-state index is 0.101. The monoisotopic (exact) mass is 298 g/mol. The Labute approximate surface area is 123 Å². The van der Waals surface area contributed by atoms with Crippen LogP contribution >= 0.6 is 23.1 Å². The van der Waals surface area contributed by atoms with Gasteiger partial charge in [0.25, 0.3) is 0 Å². The van der Waals surface area contributed by atoms with Gasteiger partial charge < -0.3 is 5.32 Å². The number of thioether (sulfide) groups is 1. The van der Waals surface area contributed by atoms with Gasteiger partial charge in [-0.25, -0.2) is 0 Å². The smallest absolute Gasteiger partial charge is 0.236 e. The number of hydrogen-bond donors (Lipinski definition) is 2. The third-order valence-corrected chi connectivity index (χ3v) is 5.65. The molecule has 0 radical (unpaired) electrons. The molecule has 1 aromatic rings. The van der Waals surface area contributed by atoms with E-state index in [2.05, 4.69) is 35.9 Å². The van der Waals surface area contributed by atoms with Gasteiger partial charge in [0.05, 0.1) is 10.3 Å². The van der Waals surface area contributed by atoms with Gasteiger partial charge >= 0.3 is 0 Å². The van der Waals surface area contributed by atoms with E-state index in [1.54, 1.807) is 11.3 Å². The molecule has 3 nitrogen and oxygen atoms in total. The second-order valence-electron chi connectivity index (χ2n) is 5.06. The zero-order valence-corrected chi connectivity index (χ0v) is 13.4. The SMILES string of the molecule is CCCNC(=O)C(C)NC1C[C@H](C)Sc2sccc21. The summed E-state index contributed by atoms with van der Waals surface area (Å²) in [7, 11) is 0. The minimum Gasteiger partial charge on any atom is -0.355 e. The van der Waals surface area contributed by atoms with Gasteiger partial charge in [-0.2, -0.15) is 0 Å². The van der Waals surface area contributed by atoms with Gasteiger partial charge in [-0.15, -0.1) is 23.1 Å². The minimum atomic E-state index is -0.139. The van der Waals surface area contributed by atoms with Crippen LogP contribution in [-0.4, -0.2) is 23.7 Å². The van der Waals surface area contributed by atoms with Crippen molar-refractivity contribution < 1.29 is 4.79 Å². The van der Waals surface area contributed by atoms with E-state index in [0.717, 1.165) is 19.4 Å². The molecule has 2 rings (SSSR count). The highest BCUT2D eigenvalue weighted by molar-refractivity contribution is 8.01. The maximum Gasteiger partial charge on any atom is 0.236 e. The summed E-state index contributed by atoms with van der Waals surface area (Å²) in [6.07, 6.45) is 2.06. The zero-order valence-electron chi connectivity index (χ0n) is 11.7. The topological polar surface area (TPSA) is 41.1 Å². The van der Waals surface area contributed by atoms with Crippen molar-refractivity contribution in [2.75, 3.05) is 6.54 Å². The molecule has 19 heavy (non-hydrogen) atoms. The molecule has 1 amide bonds. The van der Waals surface area contributed by atoms with Crippen molar-refractivity contribution in [1.82, 2.24) is 10.6 Å². The number of carbonyl (C=O) groups excluding carboxylic acids is 1. The Morgan fingerprint density at radius 3 is 3.11 bits per heavy atom. The summed E-state index contributed by atoms with van der Waals surface area (Å²) in [4.78, 5) is 11.9. The summed E-state index contributed by atoms with van der Waals surface area (Å²) in [6, 6.07) is 2.35. The summed E-state index contributed by atoms with van der Waals surface area (Å²) >= 11 is 3.75. The zero-order chi connectivity index (χ0) is 13.8. The van der Waals surface area contributed by atoms with Crippen molar-refractivity contribution >= 4 is 29.0 Å². The lowest BCUT2D eigenvalue weighted by atomic mass is 10.0. The molecule has 1 aliphatic heterocycles. The lowest BCUT2D eigenvalue weighted by molar-refractivity contribution is -0.122. The standard InChI is InChI=1S/C14H22N2OS2/c1-4-6-15-13(17)10(3)16-12-8-9(2)19-14-11(12)5-7-18-14/h5,7,9-10,12,16H,4,6,8H2,1-3H3,(H,15,17)/t9-,10?,12?/m0/s1. The van der Waals surface area contributed by atoms with Crippen molar-refractivity contribution in [2.24, 2.45) is 0 Å². The van der Waals surface area contributed by atoms with Crippen molar-refractivity contribution in [3.8, 4) is 0 Å². The van der Waals surface area contributed by atoms with E-state index < -0.39 is 0 Å². The van der Waals surface area contributed by atoms with Crippen LogP contribution in [0.1, 0.15) is 45.2 Å². The number of amides is 1. The van der Waals surface area contributed by atoms with Crippen molar-refractivity contribution in [3.63, 3.8) is 0 Å². The van der Waals surface area contributed by atoms with E-state index in [1.807, 2.05) is 18.7 Å². The van der Waals surface area contributed by atoms with Gasteiger partial charge in [0.2, 0.25) is 5.91 Å². The van der Waals surface area contributed by atoms with Crippen molar-refractivity contribution in [1.29, 1.82) is 0 Å². The first kappa shape index (κ1) is 14.9. The van der Waals surface area contributed by atoms with Crippen LogP contribution in [-0.2, 0) is 4.79 Å². The average Bonchev–Trinajstić information content (AvgIpc) is 2.83. The number of carbonyl (C=O) groups is 1. The molecule has 2 heterocycles. The Kier molecular flexibility index (Phi) is 5.30. The molecule has 0 aliphatic carbocycles. The number of nitrogens with one attached hydrogen (secondary N) is 2. The number of hydrogen-bond acceptors (Lipinski definition) is 4. The van der Waals surface area contributed by atoms with Crippen LogP contribution in [0.5, 0.6) is 0 Å². The first-order valence-corrected chi connectivity index (χ1v) is 8.65. The molecule has 5 heteroatoms. The third kappa shape index (κ3) is 3.74. The Hall–Kier alpha value is -0.520. The Balaban J connectivity index is 1.98. The predicted octanol–water partition coefficient (Wildman–Crippen LogP) is 3.18. The Bertz CT molecular complexity index is 433. The first-order valence-electron chi connectivity index (χ1n) is 6.89. The maximum atomic E-state index is 11.9. The van der Waals surface area contributed by atoms with Gasteiger partial charge in [-0.3, -0.25) is 10.1 Å². The summed E-state index contributed by atoms with van der Waals surface area (Å²) in [6.45, 7) is 7.02. The van der Waals surface area contributed by atoms with E-state index in [0.29, 0.717) is 11.3 Å². The highest BCUT2D eigenvalue weighted by Gasteiger charge is 2.28. The number of fused-ring (bicyclic) bond motifs is 1. The van der Waals surface area contributed by atoms with Crippen LogP contribution in [0.25, 0.3) is 0 Å². The molecule has 0 bridgehead atoms. The Morgan fingerprint density at radius 2 is 2.37 bits per heavy atom. The predicted molar refractivity (Wildman–Crippen MR) is 82.9 cm³/mol. The second-order valence-corrected chi connectivity index (χ2v) is 7.68. The van der Waals surface area contributed by atoms with E-state index in [1.165, 1.54) is 9.77 Å². The molecule has 0 saturated heterocycles. The molecule has 3 atom stereocenters. The number of rotatable bonds is 5. The molecule has 0 spiro atoms. The van der Waals surface area contributed by atoms with E-state index >= 15 is 0 Å². The normalized spacial score (nSPS) is 23.7. The van der Waals surface area contributed by atoms with Crippen molar-refractivity contribution in [2.45, 2.75) is 55.2 Å². The largest absolute Gasteiger partial charge is 0.355 e. The second kappa shape index (κ2) is 6.77. The maximum absolute atomic E-state index is 11.9. The average molecular weight is 298 g/mol. The molecule has 1 aromatic heterocycles. The summed E-state index contributed by atoms with van der Waals surface area (Å²) < 4.78 is 1.40. The third-order valence-electron chi connectivity index (χ3n) is 3.30. The summed E-state index contributed by atoms with van der Waals surface area (Å²) in [5.74, 6) is 0.101. The van der Waals surface area contributed by atoms with E-state index in [4.69, 9.17) is 0 Å². The molecular weight excluding hydrogens is 276 g/mol. The molecule has 0 aromatic carbocycles. The highest BCUT2D eigenvalue weighted by Crippen LogP contribution is 2.43. The molecule has 0 saturated carbocycles. The lowest BCUT2D eigenvalue weighted by Crippen LogP contribution is -2.44. The summed E-state index contributed by atoms with van der Waals surface area (Å²) in [5.41, 5.74) is 1.36. The van der Waals surface area contributed by atoms with Crippen LogP contribution < -0.4 is 10.6 Å². The fraction of sp³-hybridized carbons (Fsp3) is 0.643. The Morgan fingerprint density at radius 1 is 1.58 bits per heavy atom. The number of thiophene rings is 1. The molecule has 2 unspecified atom stereocenters. The van der Waals surface area contributed by atoms with E-state index in [-0.39, 0.29) is 11.9 Å². The van der Waals surface area contributed by atoms with Crippen LogP contribution in [0.2, 0.25) is 0 Å². The van der Waals surface area contributed by atoms with Crippen LogP contribution in [0.4, 0.5) is 0 Å². The van der Waals surface area contributed by atoms with Gasteiger partial charge in [0, 0.05) is 17.8 Å². The summed E-state index contributed by atoms with van der Waals surface area (Å²) in [5, 5.41) is 9.18. The van der Waals surface area contributed by atoms with Gasteiger partial charge in [-0.1, -0.05) is 13.8 Å². The van der Waals surface area contributed by atoms with Gasteiger partial charge in [0.1, 0.15) is 0 Å². The first-order chi connectivity index (χ1) is 9.11. The molecule has 1 aliphatic rings. The quantitative estimate of drug-likeness (QED) is 0.877. The highest BCUT2D eigenvalue weighted by atomic mass is 32.2. The van der Waals surface area contributed by atoms with Crippen LogP contribution in [0.15, 0.2) is 15.7 Å². The lowest BCUT2D eigenvalue weighted by Gasteiger charge is -2.29. The van der Waals surface area contributed by atoms with Crippen LogP contribution in [0, 0.1) is 0 Å². The van der Waals surface area contributed by atoms with Crippen LogP contribution in [0.3, 0.4) is 0 Å². The van der Waals surface area contributed by atoms with Crippen molar-refractivity contribution in [3.05, 3.63) is 17.0 Å². The molecular formula is C14H22N2OS2. The van der Waals surface area contributed by atoms with E-state index in [9.17, 15) is 4.79 Å². The fourth-order valence-corrected chi connectivity index (χ4v) is 4.85. The molecule has 2 N–H and O–H groups in total. The molecule has 0 fully saturated rings. The van der Waals surface area contributed by atoms with Gasteiger partial charge in [-0.05, 0) is 36.8 Å². The molecule has 106 valence electrons. The fourth-order valence-electron chi connectivity index (χ4n) is 2.29.